The van der Waals surface area contributed by atoms with Crippen LogP contribution in [0, 0.1) is 0 Å². The molecule has 1 aromatic rings. The summed E-state index contributed by atoms with van der Waals surface area (Å²) in [4.78, 5) is 12.0. The Hall–Kier alpha value is -0.760. The van der Waals surface area contributed by atoms with E-state index in [0.29, 0.717) is 5.78 Å². The van der Waals surface area contributed by atoms with E-state index >= 15 is 0 Å². The molecule has 1 aliphatic rings. The molecule has 1 aromatic carbocycles. The van der Waals surface area contributed by atoms with Crippen LogP contribution in [0.3, 0.4) is 0 Å². The largest absolute Gasteiger partial charge is 0.293 e. The highest BCUT2D eigenvalue weighted by Gasteiger charge is 2.29. The number of fused-ring (bicyclic) bond motifs is 1. The molecule has 2 heteroatoms. The summed E-state index contributed by atoms with van der Waals surface area (Å²) < 4.78 is 0. The monoisotopic (exact) mass is 220 g/mol. The van der Waals surface area contributed by atoms with Gasteiger partial charge in [-0.25, -0.2) is 0 Å². The van der Waals surface area contributed by atoms with Gasteiger partial charge >= 0.3 is 0 Å². The van der Waals surface area contributed by atoms with Crippen molar-refractivity contribution in [3.05, 3.63) is 35.4 Å². The van der Waals surface area contributed by atoms with Crippen molar-refractivity contribution < 1.29 is 4.79 Å². The number of carbonyl (C=O) groups excluding carboxylic acids is 1. The molecule has 1 unspecified atom stereocenters. The molecule has 0 amide bonds. The smallest absolute Gasteiger partial charge is 0.176 e. The average Bonchev–Trinajstić information content (AvgIpc) is 2.57. The van der Waals surface area contributed by atoms with Crippen LogP contribution >= 0.6 is 11.8 Å². The first-order valence-corrected chi connectivity index (χ1v) is 6.61. The lowest BCUT2D eigenvalue weighted by molar-refractivity contribution is 0.100. The Morgan fingerprint density at radius 3 is 2.93 bits per heavy atom. The second-order valence-corrected chi connectivity index (χ2v) is 5.25. The van der Waals surface area contributed by atoms with Crippen LogP contribution in [-0.4, -0.2) is 16.8 Å². The molecule has 1 nitrogen and oxygen atoms in total. The summed E-state index contributed by atoms with van der Waals surface area (Å²) in [7, 11) is 0. The summed E-state index contributed by atoms with van der Waals surface area (Å²) in [6.45, 7) is 2.19. The molecule has 0 bridgehead atoms. The molecule has 0 aromatic heterocycles. The second kappa shape index (κ2) is 4.84. The van der Waals surface area contributed by atoms with E-state index in [1.165, 1.54) is 18.4 Å². The van der Waals surface area contributed by atoms with Crippen LogP contribution in [0.1, 0.15) is 35.7 Å². The van der Waals surface area contributed by atoms with Gasteiger partial charge in [-0.3, -0.25) is 4.79 Å². The zero-order valence-electron chi connectivity index (χ0n) is 9.03. The first kappa shape index (κ1) is 10.7. The first-order chi connectivity index (χ1) is 7.33. The Kier molecular flexibility index (Phi) is 3.47. The molecule has 1 aliphatic carbocycles. The Labute approximate surface area is 95.3 Å². The quantitative estimate of drug-likeness (QED) is 0.724. The standard InChI is InChI=1S/C13H16OS/c1-2-3-8-15-12-9-10-6-4-5-7-11(10)13(12)14/h4-7,12H,2-3,8-9H2,1H3. The second-order valence-electron chi connectivity index (χ2n) is 3.94. The van der Waals surface area contributed by atoms with Gasteiger partial charge in [0.2, 0.25) is 0 Å². The lowest BCUT2D eigenvalue weighted by Gasteiger charge is -2.06. The number of rotatable bonds is 4. The Bertz CT molecular complexity index is 359. The molecule has 0 saturated carbocycles. The summed E-state index contributed by atoms with van der Waals surface area (Å²) in [5.41, 5.74) is 2.18. The summed E-state index contributed by atoms with van der Waals surface area (Å²) >= 11 is 1.82. The predicted octanol–water partition coefficient (Wildman–Crippen LogP) is 3.33. The maximum absolute atomic E-state index is 12.0. The van der Waals surface area contributed by atoms with Crippen LogP contribution in [0.4, 0.5) is 0 Å². The minimum atomic E-state index is 0.189. The number of benzene rings is 1. The van der Waals surface area contributed by atoms with Crippen molar-refractivity contribution >= 4 is 17.5 Å². The molecular formula is C13H16OS. The highest BCUT2D eigenvalue weighted by atomic mass is 32.2. The molecule has 0 radical (unpaired) electrons. The maximum Gasteiger partial charge on any atom is 0.176 e. The third-order valence-electron chi connectivity index (χ3n) is 2.80. The fraction of sp³-hybridized carbons (Fsp3) is 0.462. The van der Waals surface area contributed by atoms with Gasteiger partial charge in [0.1, 0.15) is 0 Å². The molecule has 1 atom stereocenters. The number of thioether (sulfide) groups is 1. The van der Waals surface area contributed by atoms with Crippen LogP contribution in [0.15, 0.2) is 24.3 Å². The van der Waals surface area contributed by atoms with Crippen LogP contribution in [0.25, 0.3) is 0 Å². The topological polar surface area (TPSA) is 17.1 Å². The van der Waals surface area contributed by atoms with E-state index in [9.17, 15) is 4.79 Å². The molecule has 0 saturated heterocycles. The molecule has 80 valence electrons. The van der Waals surface area contributed by atoms with Gasteiger partial charge in [-0.05, 0) is 24.2 Å². The molecule has 0 N–H and O–H groups in total. The molecule has 2 rings (SSSR count). The molecule has 15 heavy (non-hydrogen) atoms. The third kappa shape index (κ3) is 2.25. The summed E-state index contributed by atoms with van der Waals surface area (Å²) in [5.74, 6) is 1.45. The Balaban J connectivity index is 2.01. The zero-order chi connectivity index (χ0) is 10.7. The van der Waals surface area contributed by atoms with Gasteiger partial charge in [0, 0.05) is 5.56 Å². The van der Waals surface area contributed by atoms with Crippen molar-refractivity contribution in [2.24, 2.45) is 0 Å². The lowest BCUT2D eigenvalue weighted by atomic mass is 10.1. The molecular weight excluding hydrogens is 204 g/mol. The van der Waals surface area contributed by atoms with Crippen molar-refractivity contribution in [2.45, 2.75) is 31.4 Å². The molecule has 0 spiro atoms. The first-order valence-electron chi connectivity index (χ1n) is 5.56. The number of carbonyl (C=O) groups is 1. The van der Waals surface area contributed by atoms with E-state index in [1.54, 1.807) is 0 Å². The van der Waals surface area contributed by atoms with Crippen LogP contribution in [0.2, 0.25) is 0 Å². The van der Waals surface area contributed by atoms with Crippen molar-refractivity contribution in [3.63, 3.8) is 0 Å². The zero-order valence-corrected chi connectivity index (χ0v) is 9.85. The van der Waals surface area contributed by atoms with E-state index in [-0.39, 0.29) is 5.25 Å². The molecule has 0 aliphatic heterocycles. The number of hydrogen-bond acceptors (Lipinski definition) is 2. The van der Waals surface area contributed by atoms with Crippen LogP contribution < -0.4 is 0 Å². The van der Waals surface area contributed by atoms with Gasteiger partial charge in [0.15, 0.2) is 5.78 Å². The summed E-state index contributed by atoms with van der Waals surface area (Å²) in [6, 6.07) is 8.01. The Morgan fingerprint density at radius 1 is 1.40 bits per heavy atom. The normalized spacial score (nSPS) is 19.3. The average molecular weight is 220 g/mol. The SMILES string of the molecule is CCCCSC1Cc2ccccc2C1=O. The van der Waals surface area contributed by atoms with E-state index in [0.717, 1.165) is 17.7 Å². The highest BCUT2D eigenvalue weighted by molar-refractivity contribution is 8.00. The number of unbranched alkanes of at least 4 members (excludes halogenated alkanes) is 1. The maximum atomic E-state index is 12.0. The fourth-order valence-electron chi connectivity index (χ4n) is 1.91. The van der Waals surface area contributed by atoms with E-state index in [4.69, 9.17) is 0 Å². The lowest BCUT2D eigenvalue weighted by Crippen LogP contribution is -2.11. The predicted molar refractivity (Wildman–Crippen MR) is 65.6 cm³/mol. The van der Waals surface area contributed by atoms with Gasteiger partial charge in [0.25, 0.3) is 0 Å². The van der Waals surface area contributed by atoms with Crippen molar-refractivity contribution in [1.82, 2.24) is 0 Å². The minimum Gasteiger partial charge on any atom is -0.293 e. The number of hydrogen-bond donors (Lipinski definition) is 0. The van der Waals surface area contributed by atoms with Crippen LogP contribution in [-0.2, 0) is 6.42 Å². The van der Waals surface area contributed by atoms with Crippen molar-refractivity contribution in [1.29, 1.82) is 0 Å². The van der Waals surface area contributed by atoms with Gasteiger partial charge in [-0.2, -0.15) is 0 Å². The third-order valence-corrected chi connectivity index (χ3v) is 4.10. The van der Waals surface area contributed by atoms with Gasteiger partial charge < -0.3 is 0 Å². The minimum absolute atomic E-state index is 0.189. The van der Waals surface area contributed by atoms with E-state index < -0.39 is 0 Å². The fourth-order valence-corrected chi connectivity index (χ4v) is 3.22. The summed E-state index contributed by atoms with van der Waals surface area (Å²) in [5, 5.41) is 0.189. The highest BCUT2D eigenvalue weighted by Crippen LogP contribution is 2.30. The number of Topliss-reactive ketones (excluding diaryl/α,β-unsaturated/α-hetero) is 1. The van der Waals surface area contributed by atoms with Crippen molar-refractivity contribution in [2.75, 3.05) is 5.75 Å². The van der Waals surface area contributed by atoms with Gasteiger partial charge in [-0.1, -0.05) is 37.6 Å². The van der Waals surface area contributed by atoms with Gasteiger partial charge in [-0.15, -0.1) is 11.8 Å². The van der Waals surface area contributed by atoms with Crippen molar-refractivity contribution in [3.8, 4) is 0 Å². The Morgan fingerprint density at radius 2 is 2.20 bits per heavy atom. The van der Waals surface area contributed by atoms with E-state index in [1.807, 2.05) is 30.0 Å². The molecule has 0 heterocycles. The van der Waals surface area contributed by atoms with Crippen LogP contribution in [0.5, 0.6) is 0 Å². The summed E-state index contributed by atoms with van der Waals surface area (Å²) in [6.07, 6.45) is 3.36. The number of ketones is 1. The van der Waals surface area contributed by atoms with E-state index in [2.05, 4.69) is 13.0 Å². The molecule has 0 fully saturated rings. The van der Waals surface area contributed by atoms with Gasteiger partial charge in [0.05, 0.1) is 5.25 Å².